The number of morpholine rings is 1. The highest BCUT2D eigenvalue weighted by molar-refractivity contribution is 7.19. The van der Waals surface area contributed by atoms with Crippen molar-refractivity contribution in [1.29, 1.82) is 0 Å². The van der Waals surface area contributed by atoms with Crippen LogP contribution in [0.1, 0.15) is 20.9 Å². The van der Waals surface area contributed by atoms with Crippen LogP contribution in [0.15, 0.2) is 30.3 Å². The Hall–Kier alpha value is -2.22. The van der Waals surface area contributed by atoms with Crippen LogP contribution in [0.4, 0.5) is 10.1 Å². The minimum Gasteiger partial charge on any atom is -0.379 e. The van der Waals surface area contributed by atoms with Gasteiger partial charge in [0.2, 0.25) is 0 Å². The second-order valence-electron chi connectivity index (χ2n) is 6.40. The summed E-state index contributed by atoms with van der Waals surface area (Å²) in [5.41, 5.74) is 2.60. The molecule has 5 nitrogen and oxygen atoms in total. The molecule has 0 unspecified atom stereocenters. The van der Waals surface area contributed by atoms with E-state index in [1.807, 2.05) is 6.07 Å². The summed E-state index contributed by atoms with van der Waals surface area (Å²) < 4.78 is 20.4. The largest absolute Gasteiger partial charge is 0.379 e. The first-order valence-corrected chi connectivity index (χ1v) is 9.40. The lowest BCUT2D eigenvalue weighted by molar-refractivity contribution is 0.0343. The number of hydrogen-bond donors (Lipinski definition) is 2. The molecule has 0 aliphatic carbocycles. The fourth-order valence-electron chi connectivity index (χ4n) is 3.23. The number of aryl methyl sites for hydroxylation is 1. The normalized spacial score (nSPS) is 15.5. The van der Waals surface area contributed by atoms with Crippen molar-refractivity contribution in [2.24, 2.45) is 0 Å². The van der Waals surface area contributed by atoms with Crippen molar-refractivity contribution in [2.45, 2.75) is 13.5 Å². The third kappa shape index (κ3) is 3.38. The first-order chi connectivity index (χ1) is 12.6. The van der Waals surface area contributed by atoms with Crippen molar-refractivity contribution >= 4 is 33.1 Å². The zero-order chi connectivity index (χ0) is 18.1. The molecule has 7 heteroatoms. The molecule has 0 bridgehead atoms. The van der Waals surface area contributed by atoms with E-state index in [1.54, 1.807) is 29.5 Å². The van der Waals surface area contributed by atoms with E-state index in [4.69, 9.17) is 4.74 Å². The van der Waals surface area contributed by atoms with Gasteiger partial charge >= 0.3 is 0 Å². The van der Waals surface area contributed by atoms with Crippen LogP contribution in [0.3, 0.4) is 0 Å². The average molecular weight is 373 g/mol. The van der Waals surface area contributed by atoms with E-state index in [0.717, 1.165) is 28.9 Å². The summed E-state index contributed by atoms with van der Waals surface area (Å²) in [6.07, 6.45) is 0. The molecule has 0 atom stereocenters. The molecule has 3 heterocycles. The molecular weight excluding hydrogens is 353 g/mol. The van der Waals surface area contributed by atoms with Gasteiger partial charge in [0.15, 0.2) is 0 Å². The minimum absolute atomic E-state index is 0.184. The lowest BCUT2D eigenvalue weighted by Gasteiger charge is -2.26. The highest BCUT2D eigenvalue weighted by atomic mass is 32.1. The van der Waals surface area contributed by atoms with Gasteiger partial charge in [0, 0.05) is 30.1 Å². The number of carbonyl (C=O) groups is 1. The second kappa shape index (κ2) is 7.19. The van der Waals surface area contributed by atoms with Gasteiger partial charge in [-0.25, -0.2) is 4.39 Å². The molecular formula is C19H20FN3O2S. The highest BCUT2D eigenvalue weighted by Crippen LogP contribution is 2.32. The molecule has 1 aliphatic rings. The van der Waals surface area contributed by atoms with Crippen molar-refractivity contribution in [2.75, 3.05) is 31.6 Å². The number of carbonyl (C=O) groups excluding carboxylic acids is 1. The third-order valence-electron chi connectivity index (χ3n) is 4.53. The van der Waals surface area contributed by atoms with Gasteiger partial charge in [-0.05, 0) is 25.1 Å². The number of rotatable bonds is 4. The van der Waals surface area contributed by atoms with Crippen molar-refractivity contribution < 1.29 is 13.9 Å². The Morgan fingerprint density at radius 2 is 2.12 bits per heavy atom. The smallest absolute Gasteiger partial charge is 0.272 e. The SMILES string of the molecule is Cc1cc2[nH]c(C(=O)Nc3ccccc3F)c(CN3CCOCC3)c2s1. The highest BCUT2D eigenvalue weighted by Gasteiger charge is 2.23. The predicted molar refractivity (Wildman–Crippen MR) is 101 cm³/mol. The van der Waals surface area contributed by atoms with Crippen LogP contribution in [0.5, 0.6) is 0 Å². The number of para-hydroxylation sites is 1. The van der Waals surface area contributed by atoms with E-state index < -0.39 is 5.82 Å². The minimum atomic E-state index is -0.445. The number of ether oxygens (including phenoxy) is 1. The maximum atomic E-state index is 13.9. The van der Waals surface area contributed by atoms with Gasteiger partial charge in [-0.1, -0.05) is 12.1 Å². The molecule has 0 radical (unpaired) electrons. The Kier molecular flexibility index (Phi) is 4.76. The fraction of sp³-hybridized carbons (Fsp3) is 0.316. The van der Waals surface area contributed by atoms with Crippen LogP contribution in [0, 0.1) is 12.7 Å². The Bertz CT molecular complexity index is 944. The summed E-state index contributed by atoms with van der Waals surface area (Å²) in [6.45, 7) is 5.80. The summed E-state index contributed by atoms with van der Waals surface area (Å²) in [5, 5.41) is 2.69. The van der Waals surface area contributed by atoms with Crippen molar-refractivity contribution in [1.82, 2.24) is 9.88 Å². The van der Waals surface area contributed by atoms with Crippen molar-refractivity contribution in [3.63, 3.8) is 0 Å². The van der Waals surface area contributed by atoms with E-state index in [0.29, 0.717) is 25.5 Å². The molecule has 136 valence electrons. The Labute approximate surface area is 154 Å². The van der Waals surface area contributed by atoms with Crippen LogP contribution in [-0.4, -0.2) is 42.1 Å². The lowest BCUT2D eigenvalue weighted by atomic mass is 10.2. The molecule has 0 spiro atoms. The van der Waals surface area contributed by atoms with E-state index in [-0.39, 0.29) is 11.6 Å². The molecule has 2 aromatic heterocycles. The van der Waals surface area contributed by atoms with Crippen molar-refractivity contribution in [3.05, 3.63) is 52.3 Å². The number of amides is 1. The zero-order valence-corrected chi connectivity index (χ0v) is 15.3. The number of benzene rings is 1. The molecule has 1 amide bonds. The summed E-state index contributed by atoms with van der Waals surface area (Å²) >= 11 is 1.67. The molecule has 1 aromatic carbocycles. The topological polar surface area (TPSA) is 57.4 Å². The molecule has 3 aromatic rings. The first-order valence-electron chi connectivity index (χ1n) is 8.59. The van der Waals surface area contributed by atoms with E-state index in [9.17, 15) is 9.18 Å². The lowest BCUT2D eigenvalue weighted by Crippen LogP contribution is -2.36. The van der Waals surface area contributed by atoms with Gasteiger partial charge in [0.1, 0.15) is 11.5 Å². The number of fused-ring (bicyclic) bond motifs is 1. The van der Waals surface area contributed by atoms with Crippen LogP contribution in [-0.2, 0) is 11.3 Å². The van der Waals surface area contributed by atoms with E-state index in [2.05, 4.69) is 22.1 Å². The van der Waals surface area contributed by atoms with Crippen LogP contribution < -0.4 is 5.32 Å². The maximum absolute atomic E-state index is 13.9. The van der Waals surface area contributed by atoms with Crippen LogP contribution >= 0.6 is 11.3 Å². The molecule has 2 N–H and O–H groups in total. The van der Waals surface area contributed by atoms with Gasteiger partial charge in [-0.2, -0.15) is 0 Å². The van der Waals surface area contributed by atoms with Gasteiger partial charge in [-0.15, -0.1) is 11.3 Å². The molecule has 26 heavy (non-hydrogen) atoms. The number of aromatic amines is 1. The monoisotopic (exact) mass is 373 g/mol. The second-order valence-corrected chi connectivity index (χ2v) is 7.66. The Morgan fingerprint density at radius 1 is 1.35 bits per heavy atom. The van der Waals surface area contributed by atoms with Gasteiger partial charge in [-0.3, -0.25) is 9.69 Å². The number of hydrogen-bond acceptors (Lipinski definition) is 4. The van der Waals surface area contributed by atoms with Crippen LogP contribution in [0.2, 0.25) is 0 Å². The number of nitrogens with zero attached hydrogens (tertiary/aromatic N) is 1. The number of thiophene rings is 1. The zero-order valence-electron chi connectivity index (χ0n) is 14.5. The number of nitrogens with one attached hydrogen (secondary N) is 2. The number of aromatic nitrogens is 1. The summed E-state index contributed by atoms with van der Waals surface area (Å²) in [4.78, 5) is 19.5. The average Bonchev–Trinajstić information content (AvgIpc) is 3.15. The Morgan fingerprint density at radius 3 is 2.88 bits per heavy atom. The number of H-pyrrole nitrogens is 1. The quantitative estimate of drug-likeness (QED) is 0.732. The summed E-state index contributed by atoms with van der Waals surface area (Å²) in [5.74, 6) is -0.765. The number of halogens is 1. The third-order valence-corrected chi connectivity index (χ3v) is 5.64. The molecule has 1 fully saturated rings. The van der Waals surface area contributed by atoms with Gasteiger partial charge in [0.05, 0.1) is 29.1 Å². The van der Waals surface area contributed by atoms with Gasteiger partial charge < -0.3 is 15.0 Å². The maximum Gasteiger partial charge on any atom is 0.272 e. The molecule has 4 rings (SSSR count). The van der Waals surface area contributed by atoms with Crippen molar-refractivity contribution in [3.8, 4) is 0 Å². The van der Waals surface area contributed by atoms with E-state index >= 15 is 0 Å². The first kappa shape index (κ1) is 17.2. The molecule has 1 saturated heterocycles. The Balaban J connectivity index is 1.67. The van der Waals surface area contributed by atoms with E-state index in [1.165, 1.54) is 10.9 Å². The van der Waals surface area contributed by atoms with Gasteiger partial charge in [0.25, 0.3) is 5.91 Å². The standard InChI is InChI=1S/C19H20FN3O2S/c1-12-10-16-18(26-12)13(11-23-6-8-25-9-7-23)17(21-16)19(24)22-15-5-3-2-4-14(15)20/h2-5,10,21H,6-9,11H2,1H3,(H,22,24). The predicted octanol–water partition coefficient (Wildman–Crippen LogP) is 3.76. The number of anilines is 1. The fourth-order valence-corrected chi connectivity index (χ4v) is 4.24. The summed E-state index contributed by atoms with van der Waals surface area (Å²) in [6, 6.07) is 8.24. The molecule has 1 aliphatic heterocycles. The summed E-state index contributed by atoms with van der Waals surface area (Å²) in [7, 11) is 0. The van der Waals surface area contributed by atoms with Crippen LogP contribution in [0.25, 0.3) is 10.2 Å². The molecule has 0 saturated carbocycles.